The van der Waals surface area contributed by atoms with Crippen LogP contribution in [0.1, 0.15) is 0 Å². The molecule has 3 heterocycles. The number of hydrogen-bond acceptors (Lipinski definition) is 2. The Morgan fingerprint density at radius 3 is 1.76 bits per heavy atom. The number of fused-ring (bicyclic) bond motifs is 10. The summed E-state index contributed by atoms with van der Waals surface area (Å²) >= 11 is 0. The van der Waals surface area contributed by atoms with Gasteiger partial charge in [-0.25, -0.2) is 9.97 Å². The maximum absolute atomic E-state index is 5.34. The van der Waals surface area contributed by atoms with Crippen LogP contribution < -0.4 is 0 Å². The Morgan fingerprint density at radius 1 is 0.306 bits per heavy atom. The van der Waals surface area contributed by atoms with Crippen molar-refractivity contribution in [3.05, 3.63) is 218 Å². The van der Waals surface area contributed by atoms with Crippen LogP contribution >= 0.6 is 0 Å². The van der Waals surface area contributed by atoms with E-state index in [9.17, 15) is 0 Å². The van der Waals surface area contributed by atoms with Crippen LogP contribution in [0.4, 0.5) is 0 Å². The molecular formula is C58H36N4. The van der Waals surface area contributed by atoms with E-state index in [1.807, 2.05) is 6.07 Å². The molecular weight excluding hydrogens is 753 g/mol. The van der Waals surface area contributed by atoms with Gasteiger partial charge in [-0.05, 0) is 87.6 Å². The Morgan fingerprint density at radius 2 is 0.935 bits per heavy atom. The van der Waals surface area contributed by atoms with Crippen LogP contribution in [0.3, 0.4) is 0 Å². The molecule has 0 unspecified atom stereocenters. The lowest BCUT2D eigenvalue weighted by atomic mass is 10.00. The molecule has 0 radical (unpaired) electrons. The van der Waals surface area contributed by atoms with E-state index in [0.29, 0.717) is 5.82 Å². The Hall–Kier alpha value is -8.34. The maximum Gasteiger partial charge on any atom is 0.161 e. The van der Waals surface area contributed by atoms with E-state index in [1.165, 1.54) is 54.1 Å². The third kappa shape index (κ3) is 5.27. The molecule has 13 rings (SSSR count). The first-order valence-electron chi connectivity index (χ1n) is 21.2. The van der Waals surface area contributed by atoms with Crippen molar-refractivity contribution in [2.75, 3.05) is 0 Å². The number of hydrogen-bond donors (Lipinski definition) is 0. The average Bonchev–Trinajstić information content (AvgIpc) is 3.85. The number of aromatic nitrogens is 4. The lowest BCUT2D eigenvalue weighted by Crippen LogP contribution is -1.99. The molecule has 0 aliphatic heterocycles. The Balaban J connectivity index is 1.07. The second-order valence-electron chi connectivity index (χ2n) is 16.2. The fourth-order valence-corrected chi connectivity index (χ4v) is 9.86. The summed E-state index contributed by atoms with van der Waals surface area (Å²) in [6, 6.07) is 78.6. The highest BCUT2D eigenvalue weighted by molar-refractivity contribution is 6.25. The van der Waals surface area contributed by atoms with E-state index >= 15 is 0 Å². The molecule has 13 aromatic rings. The molecule has 62 heavy (non-hydrogen) atoms. The van der Waals surface area contributed by atoms with Crippen LogP contribution in [0.15, 0.2) is 218 Å². The quantitative estimate of drug-likeness (QED) is 0.174. The summed E-state index contributed by atoms with van der Waals surface area (Å²) < 4.78 is 4.90. The zero-order chi connectivity index (χ0) is 40.7. The van der Waals surface area contributed by atoms with E-state index in [4.69, 9.17) is 9.97 Å². The lowest BCUT2D eigenvalue weighted by molar-refractivity contribution is 1.17. The van der Waals surface area contributed by atoms with E-state index in [-0.39, 0.29) is 0 Å². The van der Waals surface area contributed by atoms with Crippen LogP contribution in [0.2, 0.25) is 0 Å². The van der Waals surface area contributed by atoms with Crippen LogP contribution in [-0.4, -0.2) is 19.1 Å². The number of nitrogens with zero attached hydrogens (tertiary/aromatic N) is 4. The average molecular weight is 789 g/mol. The molecule has 10 aromatic carbocycles. The lowest BCUT2D eigenvalue weighted by Gasteiger charge is -2.16. The third-order valence-corrected chi connectivity index (χ3v) is 12.7. The first-order valence-corrected chi connectivity index (χ1v) is 21.2. The monoisotopic (exact) mass is 788 g/mol. The zero-order valence-electron chi connectivity index (χ0n) is 33.6. The molecule has 0 aliphatic rings. The zero-order valence-corrected chi connectivity index (χ0v) is 33.6. The van der Waals surface area contributed by atoms with Gasteiger partial charge in [0.25, 0.3) is 0 Å². The summed E-state index contributed by atoms with van der Waals surface area (Å²) in [6.45, 7) is 0. The largest absolute Gasteiger partial charge is 0.309 e. The van der Waals surface area contributed by atoms with Crippen molar-refractivity contribution in [3.63, 3.8) is 0 Å². The van der Waals surface area contributed by atoms with Crippen molar-refractivity contribution in [3.8, 4) is 45.3 Å². The number of para-hydroxylation sites is 2. The van der Waals surface area contributed by atoms with Crippen molar-refractivity contribution in [2.24, 2.45) is 0 Å². The molecule has 288 valence electrons. The van der Waals surface area contributed by atoms with Gasteiger partial charge in [-0.1, -0.05) is 158 Å². The molecule has 0 aliphatic carbocycles. The number of rotatable bonds is 5. The Kier molecular flexibility index (Phi) is 7.57. The van der Waals surface area contributed by atoms with E-state index in [1.54, 1.807) is 0 Å². The Bertz CT molecular complexity index is 3920. The topological polar surface area (TPSA) is 35.6 Å². The minimum atomic E-state index is 0.695. The smallest absolute Gasteiger partial charge is 0.161 e. The van der Waals surface area contributed by atoms with Crippen molar-refractivity contribution in [2.45, 2.75) is 0 Å². The second kappa shape index (κ2) is 13.6. The van der Waals surface area contributed by atoms with Gasteiger partial charge in [0.2, 0.25) is 0 Å². The maximum atomic E-state index is 5.34. The fraction of sp³-hybridized carbons (Fsp3) is 0. The van der Waals surface area contributed by atoms with Crippen LogP contribution in [-0.2, 0) is 0 Å². The third-order valence-electron chi connectivity index (χ3n) is 12.7. The van der Waals surface area contributed by atoms with Crippen LogP contribution in [0.5, 0.6) is 0 Å². The molecule has 0 atom stereocenters. The molecule has 0 saturated heterocycles. The second-order valence-corrected chi connectivity index (χ2v) is 16.2. The van der Waals surface area contributed by atoms with Crippen LogP contribution in [0, 0.1) is 0 Å². The van der Waals surface area contributed by atoms with Gasteiger partial charge in [-0.3, -0.25) is 0 Å². The van der Waals surface area contributed by atoms with Gasteiger partial charge in [0.1, 0.15) is 0 Å². The van der Waals surface area contributed by atoms with Gasteiger partial charge >= 0.3 is 0 Å². The van der Waals surface area contributed by atoms with Gasteiger partial charge in [0.15, 0.2) is 5.82 Å². The highest BCUT2D eigenvalue weighted by atomic mass is 15.0. The summed E-state index contributed by atoms with van der Waals surface area (Å²) in [5, 5.41) is 12.1. The minimum Gasteiger partial charge on any atom is -0.309 e. The fourth-order valence-electron chi connectivity index (χ4n) is 9.86. The van der Waals surface area contributed by atoms with Gasteiger partial charge in [0.05, 0.1) is 39.1 Å². The van der Waals surface area contributed by atoms with E-state index in [2.05, 4.69) is 221 Å². The van der Waals surface area contributed by atoms with Gasteiger partial charge in [-0.15, -0.1) is 0 Å². The summed E-state index contributed by atoms with van der Waals surface area (Å²) in [6.07, 6.45) is 0. The van der Waals surface area contributed by atoms with Crippen molar-refractivity contribution >= 4 is 75.9 Å². The molecule has 0 fully saturated rings. The van der Waals surface area contributed by atoms with E-state index < -0.39 is 0 Å². The van der Waals surface area contributed by atoms with Crippen LogP contribution in [0.25, 0.3) is 121 Å². The summed E-state index contributed by atoms with van der Waals surface area (Å²) in [5.41, 5.74) is 11.8. The van der Waals surface area contributed by atoms with E-state index in [0.717, 1.165) is 61.3 Å². The summed E-state index contributed by atoms with van der Waals surface area (Å²) in [7, 11) is 0. The Labute approximate surface area is 357 Å². The molecule has 0 bridgehead atoms. The molecule has 0 amide bonds. The molecule has 4 heteroatoms. The minimum absolute atomic E-state index is 0.695. The predicted octanol–water partition coefficient (Wildman–Crippen LogP) is 15.1. The standard InChI is InChI=1S/C58H36N4/c1-3-17-39(18-4-1)50-35-51(41-28-27-37-15-7-8-19-40(37)33-41)60-58(59-50)47-30-32-53(45-24-12-11-23-44(45)47)62-52-26-14-13-25-46(52)48-34-49-56(36-55(48)62)61(42-20-5-2-6-21-42)54-31-29-38-16-9-10-22-43(38)57(49)54/h1-36H. The number of benzene rings is 10. The first-order chi connectivity index (χ1) is 30.7. The predicted molar refractivity (Wildman–Crippen MR) is 260 cm³/mol. The molecule has 0 saturated carbocycles. The highest BCUT2D eigenvalue weighted by Gasteiger charge is 2.22. The van der Waals surface area contributed by atoms with Crippen molar-refractivity contribution in [1.29, 1.82) is 0 Å². The summed E-state index contributed by atoms with van der Waals surface area (Å²) in [4.78, 5) is 10.6. The normalized spacial score (nSPS) is 11.9. The van der Waals surface area contributed by atoms with Crippen molar-refractivity contribution < 1.29 is 0 Å². The van der Waals surface area contributed by atoms with Gasteiger partial charge < -0.3 is 9.13 Å². The van der Waals surface area contributed by atoms with Crippen molar-refractivity contribution in [1.82, 2.24) is 19.1 Å². The molecule has 0 N–H and O–H groups in total. The summed E-state index contributed by atoms with van der Waals surface area (Å²) in [5.74, 6) is 0.695. The molecule has 3 aromatic heterocycles. The van der Waals surface area contributed by atoms with Gasteiger partial charge in [-0.2, -0.15) is 0 Å². The first kappa shape index (κ1) is 34.5. The highest BCUT2D eigenvalue weighted by Crippen LogP contribution is 2.43. The molecule has 4 nitrogen and oxygen atoms in total. The SMILES string of the molecule is c1ccc(-c2cc(-c3ccc4ccccc4c3)nc(-c3ccc(-n4c5ccccc5c5cc6c7c8ccccc8ccc7n(-c7ccccc7)c6cc54)c4ccccc34)n2)cc1. The molecule has 0 spiro atoms. The van der Waals surface area contributed by atoms with Gasteiger partial charge in [0, 0.05) is 49.3 Å².